The number of nitrogens with zero attached hydrogens (tertiary/aromatic N) is 5. The SMILES string of the molecule is Cl.Cn1c(N2CCNC(c3cccc(Br)c3)C2)nc(-c2ccncn2)cc1=O. The summed E-state index contributed by atoms with van der Waals surface area (Å²) in [6.45, 7) is 2.31. The summed E-state index contributed by atoms with van der Waals surface area (Å²) in [6.07, 6.45) is 3.11. The van der Waals surface area contributed by atoms with Crippen LogP contribution in [0.5, 0.6) is 0 Å². The van der Waals surface area contributed by atoms with Crippen LogP contribution in [0.3, 0.4) is 0 Å². The van der Waals surface area contributed by atoms with E-state index in [-0.39, 0.29) is 24.0 Å². The third kappa shape index (κ3) is 4.24. The summed E-state index contributed by atoms with van der Waals surface area (Å²) in [5.74, 6) is 0.651. The lowest BCUT2D eigenvalue weighted by molar-refractivity contribution is 0.462. The molecule has 1 fully saturated rings. The Bertz CT molecular complexity index is 1010. The number of rotatable bonds is 3. The molecule has 28 heavy (non-hydrogen) atoms. The molecule has 2 aromatic heterocycles. The van der Waals surface area contributed by atoms with Crippen LogP contribution in [0, 0.1) is 0 Å². The number of halogens is 2. The molecule has 3 heterocycles. The molecule has 1 atom stereocenters. The highest BCUT2D eigenvalue weighted by Crippen LogP contribution is 2.24. The van der Waals surface area contributed by atoms with Gasteiger partial charge in [-0.2, -0.15) is 0 Å². The van der Waals surface area contributed by atoms with E-state index in [1.54, 1.807) is 23.9 Å². The molecule has 1 saturated heterocycles. The highest BCUT2D eigenvalue weighted by molar-refractivity contribution is 9.10. The van der Waals surface area contributed by atoms with Gasteiger partial charge in [-0.15, -0.1) is 12.4 Å². The molecule has 146 valence electrons. The van der Waals surface area contributed by atoms with E-state index < -0.39 is 0 Å². The number of aromatic nitrogens is 4. The van der Waals surface area contributed by atoms with Crippen LogP contribution in [0.2, 0.25) is 0 Å². The second-order valence-electron chi connectivity index (χ2n) is 6.44. The summed E-state index contributed by atoms with van der Waals surface area (Å²) in [5, 5.41) is 3.54. The zero-order valence-electron chi connectivity index (χ0n) is 15.2. The topological polar surface area (TPSA) is 75.9 Å². The van der Waals surface area contributed by atoms with Gasteiger partial charge in [-0.1, -0.05) is 28.1 Å². The average Bonchev–Trinajstić information content (AvgIpc) is 2.71. The lowest BCUT2D eigenvalue weighted by Crippen LogP contribution is -2.47. The van der Waals surface area contributed by atoms with Gasteiger partial charge in [0.05, 0.1) is 11.4 Å². The van der Waals surface area contributed by atoms with E-state index in [2.05, 4.69) is 48.2 Å². The molecule has 1 N–H and O–H groups in total. The van der Waals surface area contributed by atoms with Gasteiger partial charge in [0.1, 0.15) is 6.33 Å². The summed E-state index contributed by atoms with van der Waals surface area (Å²) < 4.78 is 2.64. The van der Waals surface area contributed by atoms with Crippen LogP contribution in [0.15, 0.2) is 58.2 Å². The smallest absolute Gasteiger partial charge is 0.255 e. The van der Waals surface area contributed by atoms with Crippen molar-refractivity contribution < 1.29 is 0 Å². The van der Waals surface area contributed by atoms with Crippen LogP contribution >= 0.6 is 28.3 Å². The van der Waals surface area contributed by atoms with Gasteiger partial charge in [0, 0.05) is 49.5 Å². The van der Waals surface area contributed by atoms with Gasteiger partial charge in [-0.25, -0.2) is 15.0 Å². The van der Waals surface area contributed by atoms with Crippen LogP contribution in [0.1, 0.15) is 11.6 Å². The van der Waals surface area contributed by atoms with Gasteiger partial charge in [-0.3, -0.25) is 9.36 Å². The highest BCUT2D eigenvalue weighted by Gasteiger charge is 2.24. The third-order valence-corrected chi connectivity index (χ3v) is 5.16. The van der Waals surface area contributed by atoms with Gasteiger partial charge in [-0.05, 0) is 23.8 Å². The van der Waals surface area contributed by atoms with E-state index in [1.807, 2.05) is 12.1 Å². The number of anilines is 1. The molecule has 0 spiro atoms. The van der Waals surface area contributed by atoms with Crippen LogP contribution in [-0.4, -0.2) is 39.2 Å². The summed E-state index contributed by atoms with van der Waals surface area (Å²) in [4.78, 5) is 27.5. The Morgan fingerprint density at radius 2 is 2.07 bits per heavy atom. The molecule has 7 nitrogen and oxygen atoms in total. The number of hydrogen-bond acceptors (Lipinski definition) is 6. The molecule has 0 aliphatic carbocycles. The molecular formula is C19H20BrClN6O. The van der Waals surface area contributed by atoms with E-state index in [4.69, 9.17) is 4.98 Å². The summed E-state index contributed by atoms with van der Waals surface area (Å²) in [5.41, 5.74) is 2.30. The lowest BCUT2D eigenvalue weighted by Gasteiger charge is -2.35. The van der Waals surface area contributed by atoms with Crippen molar-refractivity contribution in [3.8, 4) is 11.4 Å². The van der Waals surface area contributed by atoms with Crippen molar-refractivity contribution in [1.29, 1.82) is 0 Å². The Labute approximate surface area is 177 Å². The van der Waals surface area contributed by atoms with Crippen molar-refractivity contribution in [1.82, 2.24) is 24.8 Å². The second kappa shape index (κ2) is 8.81. The zero-order chi connectivity index (χ0) is 18.8. The highest BCUT2D eigenvalue weighted by atomic mass is 79.9. The van der Waals surface area contributed by atoms with E-state index in [1.165, 1.54) is 18.0 Å². The molecule has 0 radical (unpaired) electrons. The Kier molecular flexibility index (Phi) is 6.43. The molecule has 1 aliphatic rings. The molecule has 0 bridgehead atoms. The number of nitrogens with one attached hydrogen (secondary N) is 1. The molecule has 0 amide bonds. The van der Waals surface area contributed by atoms with E-state index >= 15 is 0 Å². The summed E-state index contributed by atoms with van der Waals surface area (Å²) in [7, 11) is 1.75. The van der Waals surface area contributed by atoms with Crippen molar-refractivity contribution in [3.05, 3.63) is 69.3 Å². The number of benzene rings is 1. The maximum Gasteiger partial charge on any atom is 0.255 e. The fourth-order valence-corrected chi connectivity index (χ4v) is 3.68. The fraction of sp³-hybridized carbons (Fsp3) is 0.263. The standard InChI is InChI=1S/C19H19BrN6O.ClH/c1-25-18(27)10-16(15-5-6-21-12-23-15)24-19(25)26-8-7-22-17(11-26)13-3-2-4-14(20)9-13;/h2-6,9-10,12,17,22H,7-8,11H2,1H3;1H. The lowest BCUT2D eigenvalue weighted by atomic mass is 10.0. The van der Waals surface area contributed by atoms with Gasteiger partial charge in [0.25, 0.3) is 5.56 Å². The Morgan fingerprint density at radius 3 is 2.82 bits per heavy atom. The van der Waals surface area contributed by atoms with Crippen LogP contribution in [0.25, 0.3) is 11.4 Å². The normalized spacial score (nSPS) is 16.5. The summed E-state index contributed by atoms with van der Waals surface area (Å²) in [6, 6.07) is 11.7. The maximum atomic E-state index is 12.5. The molecular weight excluding hydrogens is 444 g/mol. The van der Waals surface area contributed by atoms with Crippen LogP contribution < -0.4 is 15.8 Å². The molecule has 3 aromatic rings. The molecule has 9 heteroatoms. The molecule has 4 rings (SSSR count). The van der Waals surface area contributed by atoms with E-state index in [0.717, 1.165) is 24.1 Å². The summed E-state index contributed by atoms with van der Waals surface area (Å²) >= 11 is 3.53. The van der Waals surface area contributed by atoms with E-state index in [9.17, 15) is 4.79 Å². The first-order valence-electron chi connectivity index (χ1n) is 8.70. The molecule has 1 aliphatic heterocycles. The molecule has 0 saturated carbocycles. The Hall–Kier alpha value is -2.29. The minimum absolute atomic E-state index is 0. The third-order valence-electron chi connectivity index (χ3n) is 4.66. The second-order valence-corrected chi connectivity index (χ2v) is 7.36. The molecule has 1 unspecified atom stereocenters. The predicted octanol–water partition coefficient (Wildman–Crippen LogP) is 2.57. The van der Waals surface area contributed by atoms with Gasteiger partial charge in [0.2, 0.25) is 5.95 Å². The van der Waals surface area contributed by atoms with Crippen molar-refractivity contribution in [2.45, 2.75) is 6.04 Å². The first kappa shape index (κ1) is 20.4. The molecule has 1 aromatic carbocycles. The Balaban J connectivity index is 0.00000225. The van der Waals surface area contributed by atoms with Crippen molar-refractivity contribution in [2.24, 2.45) is 7.05 Å². The number of hydrogen-bond donors (Lipinski definition) is 1. The van der Waals surface area contributed by atoms with Gasteiger partial charge < -0.3 is 10.2 Å². The number of piperazine rings is 1. The Morgan fingerprint density at radius 1 is 1.21 bits per heavy atom. The monoisotopic (exact) mass is 462 g/mol. The zero-order valence-corrected chi connectivity index (χ0v) is 17.7. The first-order chi connectivity index (χ1) is 13.1. The first-order valence-corrected chi connectivity index (χ1v) is 9.49. The van der Waals surface area contributed by atoms with Gasteiger partial charge in [0.15, 0.2) is 0 Å². The van der Waals surface area contributed by atoms with Crippen molar-refractivity contribution in [2.75, 3.05) is 24.5 Å². The predicted molar refractivity (Wildman–Crippen MR) is 115 cm³/mol. The quantitative estimate of drug-likeness (QED) is 0.643. The van der Waals surface area contributed by atoms with Crippen LogP contribution in [-0.2, 0) is 7.05 Å². The minimum Gasteiger partial charge on any atom is -0.339 e. The average molecular weight is 464 g/mol. The van der Waals surface area contributed by atoms with E-state index in [0.29, 0.717) is 17.3 Å². The van der Waals surface area contributed by atoms with Crippen LogP contribution in [0.4, 0.5) is 5.95 Å². The van der Waals surface area contributed by atoms with Gasteiger partial charge >= 0.3 is 0 Å². The minimum atomic E-state index is -0.105. The van der Waals surface area contributed by atoms with Crippen molar-refractivity contribution >= 4 is 34.3 Å². The largest absolute Gasteiger partial charge is 0.339 e. The van der Waals surface area contributed by atoms with Crippen molar-refractivity contribution in [3.63, 3.8) is 0 Å². The maximum absolute atomic E-state index is 12.5. The fourth-order valence-electron chi connectivity index (χ4n) is 3.26.